The molecule has 4 heteroatoms. The van der Waals surface area contributed by atoms with Crippen molar-refractivity contribution in [3.05, 3.63) is 71.8 Å². The summed E-state index contributed by atoms with van der Waals surface area (Å²) in [4.78, 5) is 26.2. The number of amides is 2. The molecule has 2 atom stereocenters. The summed E-state index contributed by atoms with van der Waals surface area (Å²) in [6.07, 6.45) is -0.583. The van der Waals surface area contributed by atoms with Crippen LogP contribution < -0.4 is 0 Å². The Balaban J connectivity index is 1.92. The van der Waals surface area contributed by atoms with Gasteiger partial charge in [0.25, 0.3) is 11.8 Å². The Morgan fingerprint density at radius 3 is 2.23 bits per heavy atom. The Hall–Kier alpha value is -2.46. The summed E-state index contributed by atoms with van der Waals surface area (Å²) < 4.78 is 5.53. The normalized spacial score (nSPS) is 20.6. The number of likely N-dealkylation sites (tertiary alicyclic amines) is 1. The Labute approximate surface area is 129 Å². The number of carbonyl (C=O) groups excluding carboxylic acids is 2. The minimum absolute atomic E-state index is 0.274. The Morgan fingerprint density at radius 2 is 1.64 bits per heavy atom. The van der Waals surface area contributed by atoms with E-state index in [9.17, 15) is 9.59 Å². The van der Waals surface area contributed by atoms with Gasteiger partial charge in [-0.15, -0.1) is 0 Å². The van der Waals surface area contributed by atoms with Gasteiger partial charge in [-0.3, -0.25) is 14.5 Å². The SMILES string of the molecule is CCO[C@H]1C(=O)N(C(=O)c2ccccc2)[C@H]1c1ccccc1. The average molecular weight is 295 g/mol. The fourth-order valence-corrected chi connectivity index (χ4v) is 2.72. The lowest BCUT2D eigenvalue weighted by Gasteiger charge is -2.45. The van der Waals surface area contributed by atoms with E-state index in [1.54, 1.807) is 24.3 Å². The molecule has 0 aromatic heterocycles. The molecule has 0 saturated carbocycles. The molecule has 1 aliphatic rings. The number of hydrogen-bond donors (Lipinski definition) is 0. The standard InChI is InChI=1S/C18H17NO3/c1-2-22-16-15(13-9-5-3-6-10-13)19(18(16)21)17(20)14-11-7-4-8-12-14/h3-12,15-16H,2H2,1H3/t15-,16+/m0/s1. The molecule has 0 unspecified atom stereocenters. The van der Waals surface area contributed by atoms with Crippen LogP contribution in [0.25, 0.3) is 0 Å². The van der Waals surface area contributed by atoms with Crippen molar-refractivity contribution in [1.82, 2.24) is 4.90 Å². The van der Waals surface area contributed by atoms with E-state index in [4.69, 9.17) is 4.74 Å². The monoisotopic (exact) mass is 295 g/mol. The first-order chi connectivity index (χ1) is 10.7. The highest BCUT2D eigenvalue weighted by Crippen LogP contribution is 2.38. The van der Waals surface area contributed by atoms with Gasteiger partial charge < -0.3 is 4.74 Å². The van der Waals surface area contributed by atoms with Crippen LogP contribution in [0.15, 0.2) is 60.7 Å². The highest BCUT2D eigenvalue weighted by molar-refractivity contribution is 6.10. The van der Waals surface area contributed by atoms with E-state index in [0.717, 1.165) is 5.56 Å². The third kappa shape index (κ3) is 2.42. The summed E-state index contributed by atoms with van der Waals surface area (Å²) in [5.74, 6) is -0.556. The number of nitrogens with zero attached hydrogens (tertiary/aromatic N) is 1. The second kappa shape index (κ2) is 6.12. The summed E-state index contributed by atoms with van der Waals surface area (Å²) in [5.41, 5.74) is 1.41. The molecule has 0 bridgehead atoms. The minimum Gasteiger partial charge on any atom is -0.366 e. The van der Waals surface area contributed by atoms with Gasteiger partial charge in [-0.1, -0.05) is 48.5 Å². The molecule has 112 valence electrons. The van der Waals surface area contributed by atoms with Crippen LogP contribution in [0.2, 0.25) is 0 Å². The van der Waals surface area contributed by atoms with E-state index >= 15 is 0 Å². The highest BCUT2D eigenvalue weighted by Gasteiger charge is 2.52. The Kier molecular flexibility index (Phi) is 4.02. The predicted octanol–water partition coefficient (Wildman–Crippen LogP) is 2.82. The molecular formula is C18H17NO3. The van der Waals surface area contributed by atoms with Crippen molar-refractivity contribution in [3.63, 3.8) is 0 Å². The van der Waals surface area contributed by atoms with Gasteiger partial charge in [-0.2, -0.15) is 0 Å². The van der Waals surface area contributed by atoms with E-state index < -0.39 is 6.10 Å². The van der Waals surface area contributed by atoms with Crippen molar-refractivity contribution >= 4 is 11.8 Å². The van der Waals surface area contributed by atoms with Crippen molar-refractivity contribution in [2.45, 2.75) is 19.1 Å². The van der Waals surface area contributed by atoms with E-state index in [-0.39, 0.29) is 17.9 Å². The number of benzene rings is 2. The maximum Gasteiger partial charge on any atom is 0.261 e. The molecule has 2 amide bonds. The molecule has 1 saturated heterocycles. The van der Waals surface area contributed by atoms with Crippen LogP contribution in [-0.4, -0.2) is 29.4 Å². The maximum atomic E-state index is 12.6. The summed E-state index contributed by atoms with van der Waals surface area (Å²) in [5, 5.41) is 0. The van der Waals surface area contributed by atoms with E-state index in [2.05, 4.69) is 0 Å². The fraction of sp³-hybridized carbons (Fsp3) is 0.222. The molecule has 2 aromatic rings. The number of ether oxygens (including phenoxy) is 1. The largest absolute Gasteiger partial charge is 0.366 e. The first-order valence-electron chi connectivity index (χ1n) is 7.33. The van der Waals surface area contributed by atoms with Crippen LogP contribution in [0.3, 0.4) is 0 Å². The van der Waals surface area contributed by atoms with Crippen LogP contribution >= 0.6 is 0 Å². The van der Waals surface area contributed by atoms with Gasteiger partial charge in [-0.25, -0.2) is 0 Å². The van der Waals surface area contributed by atoms with Gasteiger partial charge in [0.1, 0.15) is 6.04 Å². The fourth-order valence-electron chi connectivity index (χ4n) is 2.72. The van der Waals surface area contributed by atoms with Crippen molar-refractivity contribution in [2.24, 2.45) is 0 Å². The van der Waals surface area contributed by atoms with Crippen LogP contribution in [0.1, 0.15) is 28.9 Å². The summed E-state index contributed by atoms with van der Waals surface area (Å²) >= 11 is 0. The number of hydrogen-bond acceptors (Lipinski definition) is 3. The van der Waals surface area contributed by atoms with Crippen LogP contribution in [0.4, 0.5) is 0 Å². The second-order valence-corrected chi connectivity index (χ2v) is 5.11. The zero-order chi connectivity index (χ0) is 15.5. The number of β-lactam (4-membered cyclic amide) rings is 1. The molecule has 0 radical (unpaired) electrons. The smallest absolute Gasteiger partial charge is 0.261 e. The molecule has 1 heterocycles. The summed E-state index contributed by atoms with van der Waals surface area (Å²) in [6.45, 7) is 2.28. The van der Waals surface area contributed by atoms with Gasteiger partial charge in [0, 0.05) is 12.2 Å². The number of imide groups is 1. The van der Waals surface area contributed by atoms with Crippen molar-refractivity contribution < 1.29 is 14.3 Å². The third-order valence-electron chi connectivity index (χ3n) is 3.77. The number of carbonyl (C=O) groups is 2. The molecular weight excluding hydrogens is 278 g/mol. The van der Waals surface area contributed by atoms with Gasteiger partial charge in [0.15, 0.2) is 6.10 Å². The van der Waals surface area contributed by atoms with Crippen LogP contribution in [0, 0.1) is 0 Å². The topological polar surface area (TPSA) is 46.6 Å². The highest BCUT2D eigenvalue weighted by atomic mass is 16.5. The van der Waals surface area contributed by atoms with Crippen molar-refractivity contribution in [1.29, 1.82) is 0 Å². The van der Waals surface area contributed by atoms with E-state index in [1.165, 1.54) is 4.90 Å². The lowest BCUT2D eigenvalue weighted by atomic mass is 9.89. The number of rotatable bonds is 4. The quantitative estimate of drug-likeness (QED) is 0.643. The Morgan fingerprint density at radius 1 is 1.05 bits per heavy atom. The molecule has 2 aromatic carbocycles. The van der Waals surface area contributed by atoms with Crippen molar-refractivity contribution in [3.8, 4) is 0 Å². The summed E-state index contributed by atoms with van der Waals surface area (Å²) in [6, 6.07) is 18.0. The van der Waals surface area contributed by atoms with Gasteiger partial charge >= 0.3 is 0 Å². The zero-order valence-electron chi connectivity index (χ0n) is 12.3. The van der Waals surface area contributed by atoms with Crippen molar-refractivity contribution in [2.75, 3.05) is 6.61 Å². The maximum absolute atomic E-state index is 12.6. The first-order valence-corrected chi connectivity index (χ1v) is 7.33. The molecule has 22 heavy (non-hydrogen) atoms. The van der Waals surface area contributed by atoms with Gasteiger partial charge in [-0.05, 0) is 24.6 Å². The summed E-state index contributed by atoms with van der Waals surface area (Å²) in [7, 11) is 0. The molecule has 0 spiro atoms. The molecule has 4 nitrogen and oxygen atoms in total. The Bertz CT molecular complexity index is 669. The van der Waals surface area contributed by atoms with Crippen LogP contribution in [0.5, 0.6) is 0 Å². The average Bonchev–Trinajstić information content (AvgIpc) is 2.58. The molecule has 1 fully saturated rings. The first kappa shape index (κ1) is 14.5. The third-order valence-corrected chi connectivity index (χ3v) is 3.77. The van der Waals surface area contributed by atoms with Crippen LogP contribution in [-0.2, 0) is 9.53 Å². The molecule has 0 N–H and O–H groups in total. The van der Waals surface area contributed by atoms with Gasteiger partial charge in [0.2, 0.25) is 0 Å². The van der Waals surface area contributed by atoms with E-state index in [1.807, 2.05) is 43.3 Å². The second-order valence-electron chi connectivity index (χ2n) is 5.11. The molecule has 3 rings (SSSR count). The predicted molar refractivity (Wildman–Crippen MR) is 82.2 cm³/mol. The van der Waals surface area contributed by atoms with E-state index in [0.29, 0.717) is 12.2 Å². The van der Waals surface area contributed by atoms with Gasteiger partial charge in [0.05, 0.1) is 0 Å². The molecule has 0 aliphatic carbocycles. The minimum atomic E-state index is -0.583. The zero-order valence-corrected chi connectivity index (χ0v) is 12.3. The molecule has 1 aliphatic heterocycles. The lowest BCUT2D eigenvalue weighted by Crippen LogP contribution is -2.62. The lowest BCUT2D eigenvalue weighted by molar-refractivity contribution is -0.167.